The van der Waals surface area contributed by atoms with Crippen LogP contribution in [-0.2, 0) is 0 Å². The monoisotopic (exact) mass is 279 g/mol. The number of alkyl halides is 1. The summed E-state index contributed by atoms with van der Waals surface area (Å²) in [7, 11) is 1.56. The van der Waals surface area contributed by atoms with Gasteiger partial charge < -0.3 is 10.1 Å². The molecule has 0 radical (unpaired) electrons. The lowest BCUT2D eigenvalue weighted by molar-refractivity contribution is 0.394. The fourth-order valence-electron chi connectivity index (χ4n) is 0.823. The molecule has 4 nitrogen and oxygen atoms in total. The molecule has 0 aliphatic heterocycles. The number of rotatable bonds is 4. The number of hydrogen-bond donors (Lipinski definition) is 1. The van der Waals surface area contributed by atoms with Crippen molar-refractivity contribution in [2.75, 3.05) is 18.3 Å². The van der Waals surface area contributed by atoms with E-state index in [9.17, 15) is 0 Å². The first-order valence-corrected chi connectivity index (χ1v) is 5.39. The Labute approximate surface area is 96.2 Å². The molecule has 1 rings (SSSR count). The first-order chi connectivity index (χ1) is 6.67. The molecule has 6 heteroatoms. The van der Waals surface area contributed by atoms with Crippen LogP contribution in [0, 0.1) is 0 Å². The Morgan fingerprint density at radius 1 is 1.71 bits per heavy atom. The lowest BCUT2D eigenvalue weighted by atomic mass is 10.4. The van der Waals surface area contributed by atoms with E-state index in [-0.39, 0.29) is 6.04 Å². The maximum Gasteiger partial charge on any atom is 0.232 e. The third kappa shape index (κ3) is 2.99. The number of ether oxygens (including phenoxy) is 1. The van der Waals surface area contributed by atoms with Gasteiger partial charge in [-0.15, -0.1) is 11.6 Å². The zero-order chi connectivity index (χ0) is 10.6. The summed E-state index contributed by atoms with van der Waals surface area (Å²) in [6.07, 6.45) is 1.63. The lowest BCUT2D eigenvalue weighted by Gasteiger charge is -2.10. The lowest BCUT2D eigenvalue weighted by Crippen LogP contribution is -2.18. The fourth-order valence-corrected chi connectivity index (χ4v) is 1.25. The smallest absolute Gasteiger partial charge is 0.232 e. The van der Waals surface area contributed by atoms with E-state index in [1.54, 1.807) is 13.3 Å². The molecule has 14 heavy (non-hydrogen) atoms. The first kappa shape index (κ1) is 11.5. The molecule has 1 N–H and O–H groups in total. The molecule has 1 heterocycles. The number of anilines is 1. The van der Waals surface area contributed by atoms with Crippen LogP contribution in [0.4, 0.5) is 5.95 Å². The van der Waals surface area contributed by atoms with Crippen LogP contribution < -0.4 is 10.1 Å². The highest BCUT2D eigenvalue weighted by Gasteiger charge is 2.06. The summed E-state index contributed by atoms with van der Waals surface area (Å²) in [4.78, 5) is 8.20. The molecule has 0 aliphatic carbocycles. The molecule has 1 atom stereocenters. The zero-order valence-corrected chi connectivity index (χ0v) is 10.3. The third-order valence-electron chi connectivity index (χ3n) is 1.51. The number of methoxy groups -OCH3 is 1. The van der Waals surface area contributed by atoms with E-state index in [4.69, 9.17) is 16.3 Å². The molecule has 0 aliphatic rings. The quantitative estimate of drug-likeness (QED) is 0.860. The fraction of sp³-hybridized carbons (Fsp3) is 0.500. The molecule has 0 spiro atoms. The van der Waals surface area contributed by atoms with Gasteiger partial charge >= 0.3 is 0 Å². The van der Waals surface area contributed by atoms with E-state index in [0.29, 0.717) is 17.7 Å². The second-order valence-electron chi connectivity index (χ2n) is 2.75. The highest BCUT2D eigenvalue weighted by molar-refractivity contribution is 9.10. The maximum atomic E-state index is 5.65. The Morgan fingerprint density at radius 2 is 2.43 bits per heavy atom. The SMILES string of the molecule is COc1nc(NC(C)CCl)ncc1Br. The van der Waals surface area contributed by atoms with Gasteiger partial charge in [0.1, 0.15) is 0 Å². The van der Waals surface area contributed by atoms with Crippen LogP contribution >= 0.6 is 27.5 Å². The van der Waals surface area contributed by atoms with Crippen LogP contribution in [0.15, 0.2) is 10.7 Å². The number of nitrogens with one attached hydrogen (secondary N) is 1. The highest BCUT2D eigenvalue weighted by Crippen LogP contribution is 2.21. The standard InChI is InChI=1S/C8H11BrClN3O/c1-5(3-10)12-8-11-4-6(9)7(13-8)14-2/h4-5H,3H2,1-2H3,(H,11,12,13). The molecule has 0 bridgehead atoms. The van der Waals surface area contributed by atoms with E-state index >= 15 is 0 Å². The topological polar surface area (TPSA) is 47.0 Å². The molecule has 1 unspecified atom stereocenters. The zero-order valence-electron chi connectivity index (χ0n) is 7.92. The molecular weight excluding hydrogens is 269 g/mol. The van der Waals surface area contributed by atoms with Crippen molar-refractivity contribution in [3.63, 3.8) is 0 Å². The number of hydrogen-bond acceptors (Lipinski definition) is 4. The molecule has 0 saturated carbocycles. The van der Waals surface area contributed by atoms with Gasteiger partial charge in [-0.1, -0.05) is 0 Å². The summed E-state index contributed by atoms with van der Waals surface area (Å²) < 4.78 is 5.76. The van der Waals surface area contributed by atoms with Crippen LogP contribution in [0.3, 0.4) is 0 Å². The highest BCUT2D eigenvalue weighted by atomic mass is 79.9. The third-order valence-corrected chi connectivity index (χ3v) is 2.52. The minimum absolute atomic E-state index is 0.127. The van der Waals surface area contributed by atoms with Gasteiger partial charge in [0.25, 0.3) is 0 Å². The van der Waals surface area contributed by atoms with E-state index in [0.717, 1.165) is 4.47 Å². The summed E-state index contributed by atoms with van der Waals surface area (Å²) >= 11 is 8.92. The van der Waals surface area contributed by atoms with Crippen molar-refractivity contribution >= 4 is 33.5 Å². The van der Waals surface area contributed by atoms with Crippen LogP contribution in [-0.4, -0.2) is 29.0 Å². The van der Waals surface area contributed by atoms with E-state index < -0.39 is 0 Å². The van der Waals surface area contributed by atoms with Gasteiger partial charge in [-0.05, 0) is 22.9 Å². The number of aromatic nitrogens is 2. The summed E-state index contributed by atoms with van der Waals surface area (Å²) in [5.41, 5.74) is 0. The van der Waals surface area contributed by atoms with Gasteiger partial charge in [-0.3, -0.25) is 0 Å². The predicted molar refractivity (Wildman–Crippen MR) is 60.1 cm³/mol. The van der Waals surface area contributed by atoms with E-state index in [1.165, 1.54) is 0 Å². The van der Waals surface area contributed by atoms with Gasteiger partial charge in [-0.2, -0.15) is 4.98 Å². The number of halogens is 2. The Kier molecular flexibility index (Phi) is 4.41. The molecular formula is C8H11BrClN3O. The van der Waals surface area contributed by atoms with Crippen LogP contribution in [0.2, 0.25) is 0 Å². The summed E-state index contributed by atoms with van der Waals surface area (Å²) in [6.45, 7) is 1.95. The first-order valence-electron chi connectivity index (χ1n) is 4.06. The Hall–Kier alpha value is -0.550. The van der Waals surface area contributed by atoms with Crippen molar-refractivity contribution in [2.24, 2.45) is 0 Å². The minimum atomic E-state index is 0.127. The second-order valence-corrected chi connectivity index (χ2v) is 3.91. The molecule has 0 saturated heterocycles. The van der Waals surface area contributed by atoms with Crippen LogP contribution in [0.25, 0.3) is 0 Å². The molecule has 78 valence electrons. The molecule has 0 amide bonds. The van der Waals surface area contributed by atoms with Gasteiger partial charge in [0.2, 0.25) is 11.8 Å². The molecule has 1 aromatic heterocycles. The van der Waals surface area contributed by atoms with Crippen molar-refractivity contribution in [3.05, 3.63) is 10.7 Å². The van der Waals surface area contributed by atoms with Crippen LogP contribution in [0.1, 0.15) is 6.92 Å². The van der Waals surface area contributed by atoms with Gasteiger partial charge in [0, 0.05) is 11.9 Å². The second kappa shape index (κ2) is 5.36. The molecule has 0 fully saturated rings. The molecule has 1 aromatic rings. The van der Waals surface area contributed by atoms with Crippen LogP contribution in [0.5, 0.6) is 5.88 Å². The largest absolute Gasteiger partial charge is 0.480 e. The minimum Gasteiger partial charge on any atom is -0.480 e. The Bertz CT molecular complexity index is 311. The van der Waals surface area contributed by atoms with Crippen molar-refractivity contribution < 1.29 is 4.74 Å². The van der Waals surface area contributed by atoms with Gasteiger partial charge in [-0.25, -0.2) is 4.98 Å². The van der Waals surface area contributed by atoms with Crippen molar-refractivity contribution in [2.45, 2.75) is 13.0 Å². The number of nitrogens with zero attached hydrogens (tertiary/aromatic N) is 2. The van der Waals surface area contributed by atoms with Crippen molar-refractivity contribution in [1.82, 2.24) is 9.97 Å². The molecule has 0 aromatic carbocycles. The Morgan fingerprint density at radius 3 is 3.00 bits per heavy atom. The summed E-state index contributed by atoms with van der Waals surface area (Å²) in [6, 6.07) is 0.127. The summed E-state index contributed by atoms with van der Waals surface area (Å²) in [5.74, 6) is 1.52. The average Bonchev–Trinajstić information content (AvgIpc) is 2.20. The maximum absolute atomic E-state index is 5.65. The van der Waals surface area contributed by atoms with Crippen molar-refractivity contribution in [3.8, 4) is 5.88 Å². The van der Waals surface area contributed by atoms with E-state index in [1.807, 2.05) is 6.92 Å². The predicted octanol–water partition coefficient (Wildman–Crippen LogP) is 2.29. The average molecular weight is 281 g/mol. The summed E-state index contributed by atoms with van der Waals surface area (Å²) in [5, 5.41) is 3.04. The van der Waals surface area contributed by atoms with E-state index in [2.05, 4.69) is 31.2 Å². The van der Waals surface area contributed by atoms with Gasteiger partial charge in [0.05, 0.1) is 17.8 Å². The normalized spacial score (nSPS) is 12.3. The Balaban J connectivity index is 2.79. The van der Waals surface area contributed by atoms with Crippen molar-refractivity contribution in [1.29, 1.82) is 0 Å². The van der Waals surface area contributed by atoms with Gasteiger partial charge in [0.15, 0.2) is 0 Å².